The molecule has 3 N–H and O–H groups in total. The Morgan fingerprint density at radius 3 is 2.65 bits per heavy atom. The minimum absolute atomic E-state index is 0.726. The van der Waals surface area contributed by atoms with Crippen molar-refractivity contribution < 1.29 is 0 Å². The Kier molecular flexibility index (Phi) is 8.50. The fourth-order valence-electron chi connectivity index (χ4n) is 4.67. The number of hydrogen-bond donors (Lipinski definition) is 3. The zero-order chi connectivity index (χ0) is 27.9. The van der Waals surface area contributed by atoms with Crippen molar-refractivity contribution >= 4 is 39.2 Å². The molecule has 6 heteroatoms. The average molecular weight is 544 g/mol. The van der Waals surface area contributed by atoms with Crippen molar-refractivity contribution in [1.82, 2.24) is 20.3 Å². The first kappa shape index (κ1) is 27.1. The highest BCUT2D eigenvalue weighted by Gasteiger charge is 2.16. The number of anilines is 1. The first-order chi connectivity index (χ1) is 19.6. The van der Waals surface area contributed by atoms with Crippen LogP contribution in [0, 0.1) is 0 Å². The minimum atomic E-state index is 0.726. The SMILES string of the molecule is C=C/C(=C\C(=C/C)c1ccc(NC)c(C(=C)c2nc3c(-c4cccs4)cncc3[nH]2)c1)CNCc1ccccc1. The summed E-state index contributed by atoms with van der Waals surface area (Å²) in [5, 5.41) is 8.91. The molecule has 0 radical (unpaired) electrons. The van der Waals surface area contributed by atoms with Gasteiger partial charge in [0.05, 0.1) is 11.7 Å². The van der Waals surface area contributed by atoms with Gasteiger partial charge in [0.15, 0.2) is 0 Å². The predicted molar refractivity (Wildman–Crippen MR) is 171 cm³/mol. The van der Waals surface area contributed by atoms with Crippen LogP contribution < -0.4 is 10.6 Å². The lowest BCUT2D eigenvalue weighted by atomic mass is 9.96. The maximum Gasteiger partial charge on any atom is 0.138 e. The van der Waals surface area contributed by atoms with Crippen LogP contribution in [0.15, 0.2) is 115 Å². The number of thiophene rings is 1. The van der Waals surface area contributed by atoms with Crippen LogP contribution in [0.5, 0.6) is 0 Å². The number of fused-ring (bicyclic) bond motifs is 1. The Labute approximate surface area is 239 Å². The van der Waals surface area contributed by atoms with Crippen LogP contribution in [0.3, 0.4) is 0 Å². The van der Waals surface area contributed by atoms with E-state index >= 15 is 0 Å². The van der Waals surface area contributed by atoms with Gasteiger partial charge in [-0.05, 0) is 52.8 Å². The van der Waals surface area contributed by atoms with Gasteiger partial charge in [-0.15, -0.1) is 11.3 Å². The number of rotatable bonds is 11. The molecule has 0 spiro atoms. The Balaban J connectivity index is 1.42. The van der Waals surface area contributed by atoms with E-state index in [2.05, 4.69) is 107 Å². The fraction of sp³-hybridized carbons (Fsp3) is 0.118. The van der Waals surface area contributed by atoms with Crippen molar-refractivity contribution in [2.45, 2.75) is 13.5 Å². The van der Waals surface area contributed by atoms with E-state index in [4.69, 9.17) is 4.98 Å². The molecule has 0 aliphatic carbocycles. The van der Waals surface area contributed by atoms with Crippen LogP contribution in [0.1, 0.15) is 29.4 Å². The van der Waals surface area contributed by atoms with Gasteiger partial charge in [-0.2, -0.15) is 0 Å². The molecule has 0 atom stereocenters. The van der Waals surface area contributed by atoms with Gasteiger partial charge in [-0.3, -0.25) is 4.98 Å². The van der Waals surface area contributed by atoms with E-state index in [-0.39, 0.29) is 0 Å². The smallest absolute Gasteiger partial charge is 0.138 e. The molecule has 0 saturated carbocycles. The maximum absolute atomic E-state index is 4.97. The lowest BCUT2D eigenvalue weighted by Gasteiger charge is -2.14. The number of pyridine rings is 1. The summed E-state index contributed by atoms with van der Waals surface area (Å²) in [5.74, 6) is 0.726. The minimum Gasteiger partial charge on any atom is -0.388 e. The van der Waals surface area contributed by atoms with Crippen LogP contribution in [0.4, 0.5) is 5.69 Å². The van der Waals surface area contributed by atoms with Gasteiger partial charge < -0.3 is 15.6 Å². The first-order valence-electron chi connectivity index (χ1n) is 13.2. The van der Waals surface area contributed by atoms with Gasteiger partial charge in [0, 0.05) is 53.6 Å². The molecule has 0 amide bonds. The lowest BCUT2D eigenvalue weighted by molar-refractivity contribution is 0.747. The van der Waals surface area contributed by atoms with Crippen molar-refractivity contribution in [3.05, 3.63) is 138 Å². The molecule has 2 aromatic carbocycles. The highest BCUT2D eigenvalue weighted by molar-refractivity contribution is 7.13. The van der Waals surface area contributed by atoms with Crippen LogP contribution in [-0.2, 0) is 6.54 Å². The molecule has 0 fully saturated rings. The molecule has 0 aliphatic heterocycles. The largest absolute Gasteiger partial charge is 0.388 e. The number of aromatic amines is 1. The normalized spacial score (nSPS) is 12.1. The van der Waals surface area contributed by atoms with Crippen molar-refractivity contribution in [2.75, 3.05) is 18.9 Å². The summed E-state index contributed by atoms with van der Waals surface area (Å²) in [6, 6.07) is 20.9. The average Bonchev–Trinajstić information content (AvgIpc) is 3.69. The van der Waals surface area contributed by atoms with Gasteiger partial charge in [0.2, 0.25) is 0 Å². The van der Waals surface area contributed by atoms with E-state index in [1.165, 1.54) is 5.56 Å². The summed E-state index contributed by atoms with van der Waals surface area (Å²) in [6.07, 6.45) is 9.92. The van der Waals surface area contributed by atoms with Gasteiger partial charge in [0.1, 0.15) is 11.3 Å². The third-order valence-corrected chi connectivity index (χ3v) is 7.73. The van der Waals surface area contributed by atoms with Crippen molar-refractivity contribution in [2.24, 2.45) is 0 Å². The van der Waals surface area contributed by atoms with E-state index < -0.39 is 0 Å². The summed E-state index contributed by atoms with van der Waals surface area (Å²) < 4.78 is 0. The number of nitrogens with one attached hydrogen (secondary N) is 3. The van der Waals surface area contributed by atoms with Crippen molar-refractivity contribution in [1.29, 1.82) is 0 Å². The summed E-state index contributed by atoms with van der Waals surface area (Å²) in [7, 11) is 1.92. The number of H-pyrrole nitrogens is 1. The topological polar surface area (TPSA) is 65.6 Å². The Morgan fingerprint density at radius 2 is 1.93 bits per heavy atom. The first-order valence-corrected chi connectivity index (χ1v) is 14.1. The standard InChI is InChI=1S/C34H33N5S/c1-5-24(19-36-20-25-11-8-7-9-12-25)17-26(6-2)27-14-15-30(35-4)28(18-27)23(3)34-38-31-22-37-21-29(33(31)39-34)32-13-10-16-40-32/h5-18,21-22,35-36H,1,3,19-20H2,2,4H3,(H,38,39)/b24-17+,26-6+. The second-order valence-corrected chi connectivity index (χ2v) is 10.3. The molecule has 0 bridgehead atoms. The van der Waals surface area contributed by atoms with Gasteiger partial charge in [-0.1, -0.05) is 73.9 Å². The summed E-state index contributed by atoms with van der Waals surface area (Å²) in [4.78, 5) is 14.0. The molecule has 40 heavy (non-hydrogen) atoms. The molecule has 0 aliphatic rings. The highest BCUT2D eigenvalue weighted by atomic mass is 32.1. The van der Waals surface area contributed by atoms with Crippen LogP contribution >= 0.6 is 11.3 Å². The van der Waals surface area contributed by atoms with Crippen LogP contribution in [0.2, 0.25) is 0 Å². The molecule has 200 valence electrons. The monoisotopic (exact) mass is 543 g/mol. The number of allylic oxidation sites excluding steroid dienone is 3. The number of hydrogen-bond acceptors (Lipinski definition) is 5. The van der Waals surface area contributed by atoms with Crippen molar-refractivity contribution in [3.8, 4) is 10.4 Å². The third-order valence-electron chi connectivity index (χ3n) is 6.83. The quantitative estimate of drug-likeness (QED) is 0.147. The van der Waals surface area contributed by atoms with E-state index in [0.717, 1.165) is 73.9 Å². The lowest BCUT2D eigenvalue weighted by Crippen LogP contribution is -2.15. The Morgan fingerprint density at radius 1 is 1.07 bits per heavy atom. The third kappa shape index (κ3) is 5.88. The Bertz CT molecular complexity index is 1690. The molecule has 5 nitrogen and oxygen atoms in total. The number of benzene rings is 2. The maximum atomic E-state index is 4.97. The second kappa shape index (κ2) is 12.6. The van der Waals surface area contributed by atoms with Crippen molar-refractivity contribution in [3.63, 3.8) is 0 Å². The molecule has 3 heterocycles. The van der Waals surface area contributed by atoms with E-state index in [1.54, 1.807) is 11.3 Å². The molecule has 0 unspecified atom stereocenters. The van der Waals surface area contributed by atoms with Gasteiger partial charge >= 0.3 is 0 Å². The second-order valence-electron chi connectivity index (χ2n) is 9.39. The van der Waals surface area contributed by atoms with E-state index in [0.29, 0.717) is 0 Å². The molecule has 0 saturated heterocycles. The predicted octanol–water partition coefficient (Wildman–Crippen LogP) is 8.10. The van der Waals surface area contributed by atoms with E-state index in [9.17, 15) is 0 Å². The molecule has 5 aromatic rings. The summed E-state index contributed by atoms with van der Waals surface area (Å²) in [5.41, 5.74) is 10.2. The molecular formula is C34H33N5S. The highest BCUT2D eigenvalue weighted by Crippen LogP contribution is 2.34. The fourth-order valence-corrected chi connectivity index (χ4v) is 5.41. The van der Waals surface area contributed by atoms with E-state index in [1.807, 2.05) is 37.7 Å². The summed E-state index contributed by atoms with van der Waals surface area (Å²) >= 11 is 1.68. The zero-order valence-electron chi connectivity index (χ0n) is 22.9. The van der Waals surface area contributed by atoms with Crippen LogP contribution in [0.25, 0.3) is 32.6 Å². The van der Waals surface area contributed by atoms with Gasteiger partial charge in [-0.25, -0.2) is 4.98 Å². The number of nitrogens with zero attached hydrogens (tertiary/aromatic N) is 2. The molecule has 3 aromatic heterocycles. The zero-order valence-corrected chi connectivity index (χ0v) is 23.7. The Hall–Kier alpha value is -4.52. The number of imidazole rings is 1. The molecular weight excluding hydrogens is 510 g/mol. The molecule has 5 rings (SSSR count). The number of aromatic nitrogens is 3. The van der Waals surface area contributed by atoms with Gasteiger partial charge in [0.25, 0.3) is 0 Å². The van der Waals surface area contributed by atoms with Crippen LogP contribution in [-0.4, -0.2) is 28.5 Å². The summed E-state index contributed by atoms with van der Waals surface area (Å²) in [6.45, 7) is 12.1.